The number of ether oxygens (including phenoxy) is 1. The SMILES string of the molecule is Cc1ccc(C(Cl)C2C(C)OC(C)C2C)cc1C. The molecule has 100 valence electrons. The summed E-state index contributed by atoms with van der Waals surface area (Å²) in [7, 11) is 0. The van der Waals surface area contributed by atoms with Gasteiger partial charge in [-0.25, -0.2) is 0 Å². The molecule has 2 rings (SSSR count). The highest BCUT2D eigenvalue weighted by molar-refractivity contribution is 6.21. The summed E-state index contributed by atoms with van der Waals surface area (Å²) in [5.41, 5.74) is 3.85. The molecule has 1 fully saturated rings. The normalized spacial score (nSPS) is 33.7. The van der Waals surface area contributed by atoms with Gasteiger partial charge in [0.25, 0.3) is 0 Å². The van der Waals surface area contributed by atoms with Crippen LogP contribution in [0.2, 0.25) is 0 Å². The Kier molecular flexibility index (Phi) is 4.03. The molecule has 0 radical (unpaired) electrons. The van der Waals surface area contributed by atoms with Crippen molar-refractivity contribution in [3.05, 3.63) is 34.9 Å². The standard InChI is InChI=1S/C16H23ClO/c1-9-6-7-14(8-10(9)2)16(17)15-11(3)12(4)18-13(15)5/h6-8,11-13,15-16H,1-5H3. The zero-order valence-corrected chi connectivity index (χ0v) is 12.7. The van der Waals surface area contributed by atoms with E-state index in [9.17, 15) is 0 Å². The molecule has 5 unspecified atom stereocenters. The molecule has 18 heavy (non-hydrogen) atoms. The van der Waals surface area contributed by atoms with Gasteiger partial charge in [-0.15, -0.1) is 11.6 Å². The maximum absolute atomic E-state index is 6.71. The molecule has 0 aliphatic carbocycles. The molecule has 1 saturated heterocycles. The largest absolute Gasteiger partial charge is 0.375 e. The summed E-state index contributed by atoms with van der Waals surface area (Å²) in [6.07, 6.45) is 0.539. The van der Waals surface area contributed by atoms with Crippen molar-refractivity contribution in [2.45, 2.75) is 52.2 Å². The second-order valence-electron chi connectivity index (χ2n) is 5.73. The van der Waals surface area contributed by atoms with E-state index >= 15 is 0 Å². The number of rotatable bonds is 2. The fraction of sp³-hybridized carbons (Fsp3) is 0.625. The Balaban J connectivity index is 2.25. The molecule has 0 spiro atoms. The Morgan fingerprint density at radius 3 is 2.22 bits per heavy atom. The fourth-order valence-corrected chi connectivity index (χ4v) is 3.53. The minimum Gasteiger partial charge on any atom is -0.375 e. The van der Waals surface area contributed by atoms with E-state index in [1.165, 1.54) is 16.7 Å². The Morgan fingerprint density at radius 2 is 1.72 bits per heavy atom. The molecule has 1 aliphatic heterocycles. The van der Waals surface area contributed by atoms with E-state index in [1.807, 2.05) is 0 Å². The number of hydrogen-bond acceptors (Lipinski definition) is 1. The zero-order chi connectivity index (χ0) is 13.4. The van der Waals surface area contributed by atoms with Crippen molar-refractivity contribution in [2.24, 2.45) is 11.8 Å². The lowest BCUT2D eigenvalue weighted by atomic mass is 9.83. The summed E-state index contributed by atoms with van der Waals surface area (Å²) in [5.74, 6) is 0.896. The molecule has 0 amide bonds. The predicted octanol–water partition coefficient (Wildman–Crippen LogP) is 4.64. The Bertz CT molecular complexity index is 429. The minimum absolute atomic E-state index is 0.0410. The van der Waals surface area contributed by atoms with Gasteiger partial charge in [0, 0.05) is 5.92 Å². The van der Waals surface area contributed by atoms with E-state index in [0.29, 0.717) is 17.9 Å². The Labute approximate surface area is 115 Å². The highest BCUT2D eigenvalue weighted by Crippen LogP contribution is 2.44. The molecule has 1 aliphatic rings. The maximum atomic E-state index is 6.71. The second kappa shape index (κ2) is 5.22. The molecule has 0 N–H and O–H groups in total. The number of hydrogen-bond donors (Lipinski definition) is 0. The van der Waals surface area contributed by atoms with Gasteiger partial charge in [0.1, 0.15) is 0 Å². The monoisotopic (exact) mass is 266 g/mol. The number of benzene rings is 1. The van der Waals surface area contributed by atoms with Crippen molar-refractivity contribution in [3.8, 4) is 0 Å². The summed E-state index contributed by atoms with van der Waals surface area (Å²) in [6.45, 7) is 10.8. The van der Waals surface area contributed by atoms with Gasteiger partial charge in [-0.1, -0.05) is 25.1 Å². The van der Waals surface area contributed by atoms with Crippen molar-refractivity contribution >= 4 is 11.6 Å². The van der Waals surface area contributed by atoms with Gasteiger partial charge in [-0.05, 0) is 50.3 Å². The van der Waals surface area contributed by atoms with Crippen molar-refractivity contribution in [1.82, 2.24) is 0 Å². The van der Waals surface area contributed by atoms with Crippen molar-refractivity contribution < 1.29 is 4.74 Å². The summed E-state index contributed by atoms with van der Waals surface area (Å²) in [5, 5.41) is 0.0410. The molecule has 0 saturated carbocycles. The first-order valence-corrected chi connectivity index (χ1v) is 7.22. The van der Waals surface area contributed by atoms with Crippen molar-refractivity contribution in [2.75, 3.05) is 0 Å². The summed E-state index contributed by atoms with van der Waals surface area (Å²) < 4.78 is 5.90. The molecule has 0 bridgehead atoms. The second-order valence-corrected chi connectivity index (χ2v) is 6.20. The summed E-state index contributed by atoms with van der Waals surface area (Å²) >= 11 is 6.71. The summed E-state index contributed by atoms with van der Waals surface area (Å²) in [6, 6.07) is 6.53. The van der Waals surface area contributed by atoms with E-state index < -0.39 is 0 Å². The van der Waals surface area contributed by atoms with Crippen LogP contribution in [-0.4, -0.2) is 12.2 Å². The van der Waals surface area contributed by atoms with Crippen LogP contribution in [0.5, 0.6) is 0 Å². The summed E-state index contributed by atoms with van der Waals surface area (Å²) in [4.78, 5) is 0. The highest BCUT2D eigenvalue weighted by atomic mass is 35.5. The van der Waals surface area contributed by atoms with Gasteiger partial charge in [0.15, 0.2) is 0 Å². The van der Waals surface area contributed by atoms with Crippen LogP contribution in [0.4, 0.5) is 0 Å². The van der Waals surface area contributed by atoms with E-state index in [-0.39, 0.29) is 11.5 Å². The minimum atomic E-state index is 0.0410. The number of halogens is 1. The van der Waals surface area contributed by atoms with Gasteiger partial charge in [0.05, 0.1) is 17.6 Å². The lowest BCUT2D eigenvalue weighted by Gasteiger charge is -2.24. The maximum Gasteiger partial charge on any atom is 0.0641 e. The smallest absolute Gasteiger partial charge is 0.0641 e. The van der Waals surface area contributed by atoms with Crippen LogP contribution in [0.1, 0.15) is 42.8 Å². The van der Waals surface area contributed by atoms with Gasteiger partial charge >= 0.3 is 0 Å². The van der Waals surface area contributed by atoms with Crippen LogP contribution in [0.15, 0.2) is 18.2 Å². The quantitative estimate of drug-likeness (QED) is 0.709. The van der Waals surface area contributed by atoms with Crippen LogP contribution in [0.3, 0.4) is 0 Å². The Hall–Kier alpha value is -0.530. The Morgan fingerprint density at radius 1 is 1.06 bits per heavy atom. The topological polar surface area (TPSA) is 9.23 Å². The third-order valence-electron chi connectivity index (χ3n) is 4.51. The lowest BCUT2D eigenvalue weighted by Crippen LogP contribution is -2.22. The van der Waals surface area contributed by atoms with Crippen LogP contribution < -0.4 is 0 Å². The molecular formula is C16H23ClO. The van der Waals surface area contributed by atoms with Crippen LogP contribution in [0, 0.1) is 25.7 Å². The van der Waals surface area contributed by atoms with Gasteiger partial charge in [0.2, 0.25) is 0 Å². The number of aryl methyl sites for hydroxylation is 2. The third kappa shape index (κ3) is 2.44. The first kappa shape index (κ1) is 13.9. The van der Waals surface area contributed by atoms with Gasteiger partial charge < -0.3 is 4.74 Å². The molecule has 1 aromatic rings. The zero-order valence-electron chi connectivity index (χ0n) is 11.9. The van der Waals surface area contributed by atoms with Crippen molar-refractivity contribution in [1.29, 1.82) is 0 Å². The molecule has 1 nitrogen and oxygen atoms in total. The lowest BCUT2D eigenvalue weighted by molar-refractivity contribution is 0.0508. The molecule has 1 heterocycles. The van der Waals surface area contributed by atoms with E-state index in [2.05, 4.69) is 52.8 Å². The van der Waals surface area contributed by atoms with E-state index in [0.717, 1.165) is 0 Å². The molecular weight excluding hydrogens is 244 g/mol. The van der Waals surface area contributed by atoms with E-state index in [1.54, 1.807) is 0 Å². The van der Waals surface area contributed by atoms with Crippen LogP contribution >= 0.6 is 11.6 Å². The van der Waals surface area contributed by atoms with Crippen LogP contribution in [0.25, 0.3) is 0 Å². The van der Waals surface area contributed by atoms with Gasteiger partial charge in [-0.2, -0.15) is 0 Å². The fourth-order valence-electron chi connectivity index (χ4n) is 2.96. The van der Waals surface area contributed by atoms with Crippen molar-refractivity contribution in [3.63, 3.8) is 0 Å². The molecule has 0 aromatic heterocycles. The average molecular weight is 267 g/mol. The highest BCUT2D eigenvalue weighted by Gasteiger charge is 2.41. The first-order chi connectivity index (χ1) is 8.41. The number of alkyl halides is 1. The predicted molar refractivity (Wildman–Crippen MR) is 77.2 cm³/mol. The average Bonchev–Trinajstić information content (AvgIpc) is 2.56. The van der Waals surface area contributed by atoms with E-state index in [4.69, 9.17) is 16.3 Å². The molecule has 2 heteroatoms. The van der Waals surface area contributed by atoms with Crippen LogP contribution in [-0.2, 0) is 4.74 Å². The van der Waals surface area contributed by atoms with Gasteiger partial charge in [-0.3, -0.25) is 0 Å². The third-order valence-corrected chi connectivity index (χ3v) is 5.05. The first-order valence-electron chi connectivity index (χ1n) is 6.78. The molecule has 1 aromatic carbocycles. The molecule has 5 atom stereocenters.